The maximum Gasteiger partial charge on any atom is 0.433 e. The van der Waals surface area contributed by atoms with Crippen LogP contribution in [-0.2, 0) is 11.6 Å². The first-order valence-corrected chi connectivity index (χ1v) is 12.0. The van der Waals surface area contributed by atoms with Crippen molar-refractivity contribution in [2.24, 2.45) is 0 Å². The van der Waals surface area contributed by atoms with E-state index in [0.29, 0.717) is 13.1 Å². The zero-order valence-electron chi connectivity index (χ0n) is 18.8. The minimum absolute atomic E-state index is 0.0317. The quantitative estimate of drug-likeness (QED) is 0.541. The first-order valence-electron chi connectivity index (χ1n) is 11.6. The highest BCUT2D eigenvalue weighted by Gasteiger charge is 2.36. The summed E-state index contributed by atoms with van der Waals surface area (Å²) in [6.45, 7) is 3.30. The van der Waals surface area contributed by atoms with Gasteiger partial charge in [0.05, 0.1) is 0 Å². The van der Waals surface area contributed by atoms with E-state index in [1.165, 1.54) is 5.56 Å². The summed E-state index contributed by atoms with van der Waals surface area (Å²) in [5, 5.41) is 6.27. The Kier molecular flexibility index (Phi) is 7.07. The van der Waals surface area contributed by atoms with Crippen molar-refractivity contribution >= 4 is 29.1 Å². The van der Waals surface area contributed by atoms with Crippen molar-refractivity contribution in [3.63, 3.8) is 0 Å². The molecule has 1 aliphatic heterocycles. The Morgan fingerprint density at radius 2 is 1.85 bits per heavy atom. The summed E-state index contributed by atoms with van der Waals surface area (Å²) in [6, 6.07) is 11.5. The van der Waals surface area contributed by atoms with E-state index in [-0.39, 0.29) is 28.3 Å². The van der Waals surface area contributed by atoms with Crippen LogP contribution in [0, 0.1) is 0 Å². The van der Waals surface area contributed by atoms with Gasteiger partial charge in [-0.3, -0.25) is 0 Å². The molecular formula is C24H30F3N5S. The monoisotopic (exact) mass is 477 g/mol. The lowest BCUT2D eigenvalue weighted by Crippen LogP contribution is -2.41. The summed E-state index contributed by atoms with van der Waals surface area (Å²) in [6.07, 6.45) is 2.74. The van der Waals surface area contributed by atoms with Crippen LogP contribution in [0.2, 0.25) is 0 Å². The molecule has 1 saturated heterocycles. The van der Waals surface area contributed by atoms with Gasteiger partial charge in [-0.25, -0.2) is 4.98 Å². The molecule has 2 heterocycles. The molecule has 1 aromatic heterocycles. The van der Waals surface area contributed by atoms with Crippen LogP contribution in [0.15, 0.2) is 36.4 Å². The molecule has 0 bridgehead atoms. The number of anilines is 2. The molecule has 1 atom stereocenters. The predicted molar refractivity (Wildman–Crippen MR) is 129 cm³/mol. The Balaban J connectivity index is 1.50. The summed E-state index contributed by atoms with van der Waals surface area (Å²) < 4.78 is 40.7. The van der Waals surface area contributed by atoms with Crippen molar-refractivity contribution < 1.29 is 13.2 Å². The zero-order chi connectivity index (χ0) is 23.5. The first kappa shape index (κ1) is 23.7. The molecule has 5 nitrogen and oxygen atoms in total. The Morgan fingerprint density at radius 1 is 1.12 bits per heavy atom. The molecule has 0 amide bonds. The average molecular weight is 478 g/mol. The molecule has 2 aromatic rings. The lowest BCUT2D eigenvalue weighted by molar-refractivity contribution is -0.141. The van der Waals surface area contributed by atoms with Crippen LogP contribution in [0.5, 0.6) is 0 Å². The lowest BCUT2D eigenvalue weighted by atomic mass is 9.79. The standard InChI is InChI=1S/C24H30F3N5S/c1-17-9-5-8-14-32(17)20-15-19(24(25,26)27)29-21(30-20)31-22(33)28-16-23(12-6-7-13-23)18-10-3-2-4-11-18/h2-4,10-11,15,17H,5-9,12-14,16H2,1H3,(H2,28,29,30,31,33). The van der Waals surface area contributed by atoms with E-state index in [2.05, 4.69) is 32.7 Å². The predicted octanol–water partition coefficient (Wildman–Crippen LogP) is 5.67. The van der Waals surface area contributed by atoms with Crippen molar-refractivity contribution in [1.29, 1.82) is 0 Å². The maximum absolute atomic E-state index is 13.6. The molecule has 0 radical (unpaired) electrons. The van der Waals surface area contributed by atoms with Gasteiger partial charge in [0, 0.05) is 30.6 Å². The van der Waals surface area contributed by atoms with Gasteiger partial charge in [0.15, 0.2) is 10.8 Å². The fourth-order valence-corrected chi connectivity index (χ4v) is 5.19. The van der Waals surface area contributed by atoms with Crippen molar-refractivity contribution in [3.05, 3.63) is 47.7 Å². The number of thiocarbonyl (C=S) groups is 1. The Labute approximate surface area is 198 Å². The molecule has 4 rings (SSSR count). The molecule has 0 spiro atoms. The topological polar surface area (TPSA) is 53.1 Å². The molecule has 1 aromatic carbocycles. The van der Waals surface area contributed by atoms with Gasteiger partial charge in [-0.15, -0.1) is 0 Å². The van der Waals surface area contributed by atoms with Gasteiger partial charge in [-0.1, -0.05) is 43.2 Å². The minimum Gasteiger partial charge on any atom is -0.361 e. The third-order valence-electron chi connectivity index (χ3n) is 6.86. The van der Waals surface area contributed by atoms with E-state index < -0.39 is 11.9 Å². The van der Waals surface area contributed by atoms with Crippen LogP contribution in [0.4, 0.5) is 24.9 Å². The molecule has 33 heavy (non-hydrogen) atoms. The minimum atomic E-state index is -4.57. The Hall–Kier alpha value is -2.42. The number of nitrogens with one attached hydrogen (secondary N) is 2. The Bertz CT molecular complexity index is 960. The summed E-state index contributed by atoms with van der Waals surface area (Å²) >= 11 is 5.43. The smallest absolute Gasteiger partial charge is 0.361 e. The first-order chi connectivity index (χ1) is 15.8. The van der Waals surface area contributed by atoms with Gasteiger partial charge in [0.25, 0.3) is 0 Å². The highest BCUT2D eigenvalue weighted by molar-refractivity contribution is 7.80. The van der Waals surface area contributed by atoms with Crippen LogP contribution in [-0.4, -0.2) is 34.2 Å². The number of hydrogen-bond acceptors (Lipinski definition) is 4. The highest BCUT2D eigenvalue weighted by atomic mass is 32.1. The van der Waals surface area contributed by atoms with E-state index in [1.54, 1.807) is 0 Å². The van der Waals surface area contributed by atoms with Crippen molar-refractivity contribution in [2.45, 2.75) is 69.5 Å². The second kappa shape index (κ2) is 9.83. The average Bonchev–Trinajstić information content (AvgIpc) is 3.28. The van der Waals surface area contributed by atoms with E-state index in [9.17, 15) is 13.2 Å². The van der Waals surface area contributed by atoms with E-state index in [4.69, 9.17) is 12.2 Å². The summed E-state index contributed by atoms with van der Waals surface area (Å²) in [7, 11) is 0. The van der Waals surface area contributed by atoms with Crippen LogP contribution in [0.3, 0.4) is 0 Å². The van der Waals surface area contributed by atoms with E-state index in [0.717, 1.165) is 51.0 Å². The maximum atomic E-state index is 13.6. The summed E-state index contributed by atoms with van der Waals surface area (Å²) in [5.41, 5.74) is 0.261. The number of piperidine rings is 1. The molecule has 9 heteroatoms. The number of aromatic nitrogens is 2. The van der Waals surface area contributed by atoms with Gasteiger partial charge in [-0.05, 0) is 56.8 Å². The fraction of sp³-hybridized carbons (Fsp3) is 0.542. The summed E-state index contributed by atoms with van der Waals surface area (Å²) in [5.74, 6) is 0.154. The van der Waals surface area contributed by atoms with Crippen LogP contribution in [0.25, 0.3) is 0 Å². The van der Waals surface area contributed by atoms with Gasteiger partial charge in [-0.2, -0.15) is 18.2 Å². The van der Waals surface area contributed by atoms with Crippen molar-refractivity contribution in [3.8, 4) is 0 Å². The molecule has 2 fully saturated rings. The van der Waals surface area contributed by atoms with E-state index >= 15 is 0 Å². The van der Waals surface area contributed by atoms with Gasteiger partial charge < -0.3 is 15.5 Å². The van der Waals surface area contributed by atoms with Crippen LogP contribution >= 0.6 is 12.2 Å². The lowest BCUT2D eigenvalue weighted by Gasteiger charge is -2.34. The van der Waals surface area contributed by atoms with Gasteiger partial charge >= 0.3 is 6.18 Å². The van der Waals surface area contributed by atoms with E-state index in [1.807, 2.05) is 30.0 Å². The molecule has 1 saturated carbocycles. The molecule has 2 N–H and O–H groups in total. The van der Waals surface area contributed by atoms with Gasteiger partial charge in [0.2, 0.25) is 5.95 Å². The Morgan fingerprint density at radius 3 is 2.52 bits per heavy atom. The highest BCUT2D eigenvalue weighted by Crippen LogP contribution is 2.40. The zero-order valence-corrected chi connectivity index (χ0v) is 19.6. The van der Waals surface area contributed by atoms with Crippen LogP contribution < -0.4 is 15.5 Å². The second-order valence-electron chi connectivity index (χ2n) is 9.13. The molecular weight excluding hydrogens is 447 g/mol. The molecule has 1 aliphatic carbocycles. The SMILES string of the molecule is CC1CCCCN1c1cc(C(F)(F)F)nc(NC(=S)NCC2(c3ccccc3)CCCC2)n1. The molecule has 2 aliphatic rings. The number of rotatable bonds is 5. The number of nitrogens with zero attached hydrogens (tertiary/aromatic N) is 3. The number of benzene rings is 1. The fourth-order valence-electron chi connectivity index (χ4n) is 5.03. The molecule has 178 valence electrons. The summed E-state index contributed by atoms with van der Waals surface area (Å²) in [4.78, 5) is 10.0. The van der Waals surface area contributed by atoms with Crippen molar-refractivity contribution in [1.82, 2.24) is 15.3 Å². The third-order valence-corrected chi connectivity index (χ3v) is 7.11. The van der Waals surface area contributed by atoms with Crippen LogP contribution in [0.1, 0.15) is 63.1 Å². The second-order valence-corrected chi connectivity index (χ2v) is 9.54. The molecule has 1 unspecified atom stereocenters. The number of hydrogen-bond donors (Lipinski definition) is 2. The van der Waals surface area contributed by atoms with Crippen molar-refractivity contribution in [2.75, 3.05) is 23.3 Å². The largest absolute Gasteiger partial charge is 0.433 e. The van der Waals surface area contributed by atoms with Gasteiger partial charge in [0.1, 0.15) is 5.82 Å². The normalized spacial score (nSPS) is 20.5. The third kappa shape index (κ3) is 5.57. The number of halogens is 3. The number of alkyl halides is 3.